The smallest absolute Gasteiger partial charge is 0.278 e. The van der Waals surface area contributed by atoms with Crippen LogP contribution in [-0.2, 0) is 5.54 Å². The standard InChI is InChI=1S/C20H16F2N2O/c1-25-18-10-8-17(9-11-18)24-20(13-23,19(21)22)16-7-6-14-4-2-3-5-15(14)12-16/h2-12,19,24H,1H3. The van der Waals surface area contributed by atoms with Crippen LogP contribution in [0.15, 0.2) is 66.7 Å². The SMILES string of the molecule is COc1ccc(NC(C#N)(c2ccc3ccccc3c2)C(F)F)cc1. The maximum atomic E-state index is 14.0. The first-order valence-electron chi connectivity index (χ1n) is 7.70. The fraction of sp³-hybridized carbons (Fsp3) is 0.150. The number of fused-ring (bicyclic) bond motifs is 1. The van der Waals surface area contributed by atoms with Crippen LogP contribution in [0.3, 0.4) is 0 Å². The summed E-state index contributed by atoms with van der Waals surface area (Å²) in [7, 11) is 1.52. The van der Waals surface area contributed by atoms with E-state index < -0.39 is 12.0 Å². The zero-order valence-electron chi connectivity index (χ0n) is 13.5. The summed E-state index contributed by atoms with van der Waals surface area (Å²) >= 11 is 0. The topological polar surface area (TPSA) is 45.0 Å². The predicted molar refractivity (Wildman–Crippen MR) is 93.9 cm³/mol. The van der Waals surface area contributed by atoms with Gasteiger partial charge in [-0.25, -0.2) is 8.78 Å². The van der Waals surface area contributed by atoms with E-state index in [0.717, 1.165) is 10.8 Å². The molecule has 0 saturated heterocycles. The van der Waals surface area contributed by atoms with Crippen LogP contribution in [0.2, 0.25) is 0 Å². The molecule has 1 N–H and O–H groups in total. The molecule has 1 atom stereocenters. The van der Waals surface area contributed by atoms with Crippen molar-refractivity contribution in [1.82, 2.24) is 0 Å². The van der Waals surface area contributed by atoms with Gasteiger partial charge in [0.1, 0.15) is 11.8 Å². The minimum Gasteiger partial charge on any atom is -0.497 e. The number of methoxy groups -OCH3 is 1. The van der Waals surface area contributed by atoms with Crippen molar-refractivity contribution < 1.29 is 13.5 Å². The molecule has 0 aromatic heterocycles. The Bertz CT molecular complexity index is 919. The molecule has 3 nitrogen and oxygen atoms in total. The number of halogens is 2. The van der Waals surface area contributed by atoms with Gasteiger partial charge in [0.05, 0.1) is 7.11 Å². The molecule has 0 aliphatic heterocycles. The number of hydrogen-bond donors (Lipinski definition) is 1. The quantitative estimate of drug-likeness (QED) is 0.716. The van der Waals surface area contributed by atoms with E-state index in [1.807, 2.05) is 24.3 Å². The molecule has 0 aliphatic rings. The van der Waals surface area contributed by atoms with Gasteiger partial charge in [-0.3, -0.25) is 0 Å². The first-order chi connectivity index (χ1) is 12.1. The summed E-state index contributed by atoms with van der Waals surface area (Å²) in [4.78, 5) is 0. The minimum absolute atomic E-state index is 0.222. The highest BCUT2D eigenvalue weighted by atomic mass is 19.3. The van der Waals surface area contributed by atoms with Crippen LogP contribution in [0.4, 0.5) is 14.5 Å². The second-order valence-corrected chi connectivity index (χ2v) is 5.64. The Morgan fingerprint density at radius 1 is 1.00 bits per heavy atom. The van der Waals surface area contributed by atoms with Gasteiger partial charge in [0.15, 0.2) is 0 Å². The van der Waals surface area contributed by atoms with Crippen molar-refractivity contribution in [2.75, 3.05) is 12.4 Å². The van der Waals surface area contributed by atoms with Crippen molar-refractivity contribution in [1.29, 1.82) is 5.26 Å². The van der Waals surface area contributed by atoms with Gasteiger partial charge in [0.2, 0.25) is 5.54 Å². The summed E-state index contributed by atoms with van der Waals surface area (Å²) in [5.74, 6) is 0.607. The summed E-state index contributed by atoms with van der Waals surface area (Å²) in [6.45, 7) is 0. The van der Waals surface area contributed by atoms with Crippen molar-refractivity contribution in [2.24, 2.45) is 0 Å². The largest absolute Gasteiger partial charge is 0.497 e. The Morgan fingerprint density at radius 3 is 2.28 bits per heavy atom. The van der Waals surface area contributed by atoms with Crippen molar-refractivity contribution in [2.45, 2.75) is 12.0 Å². The summed E-state index contributed by atoms with van der Waals surface area (Å²) in [6, 6.07) is 20.7. The third-order valence-electron chi connectivity index (χ3n) is 4.14. The molecule has 0 spiro atoms. The molecule has 3 aromatic carbocycles. The average Bonchev–Trinajstić information content (AvgIpc) is 2.66. The lowest BCUT2D eigenvalue weighted by Gasteiger charge is -2.29. The number of ether oxygens (including phenoxy) is 1. The lowest BCUT2D eigenvalue weighted by atomic mass is 9.89. The highest BCUT2D eigenvalue weighted by Gasteiger charge is 2.42. The third kappa shape index (κ3) is 3.11. The van der Waals surface area contributed by atoms with Gasteiger partial charge in [-0.2, -0.15) is 5.26 Å². The van der Waals surface area contributed by atoms with Crippen LogP contribution >= 0.6 is 0 Å². The van der Waals surface area contributed by atoms with Gasteiger partial charge in [-0.1, -0.05) is 36.4 Å². The van der Waals surface area contributed by atoms with E-state index in [1.165, 1.54) is 7.11 Å². The van der Waals surface area contributed by atoms with E-state index in [4.69, 9.17) is 4.74 Å². The number of nitrogens with one attached hydrogen (secondary N) is 1. The molecular weight excluding hydrogens is 322 g/mol. The van der Waals surface area contributed by atoms with E-state index in [0.29, 0.717) is 11.4 Å². The lowest BCUT2D eigenvalue weighted by Crippen LogP contribution is -2.41. The Kier molecular flexibility index (Phi) is 4.53. The number of anilines is 1. The second-order valence-electron chi connectivity index (χ2n) is 5.64. The summed E-state index contributed by atoms with van der Waals surface area (Å²) in [5.41, 5.74) is -1.51. The fourth-order valence-corrected chi connectivity index (χ4v) is 2.73. The first kappa shape index (κ1) is 16.7. The van der Waals surface area contributed by atoms with E-state index >= 15 is 0 Å². The molecule has 25 heavy (non-hydrogen) atoms. The van der Waals surface area contributed by atoms with Gasteiger partial charge in [0.25, 0.3) is 6.43 Å². The number of benzene rings is 3. The highest BCUT2D eigenvalue weighted by molar-refractivity contribution is 5.83. The maximum Gasteiger partial charge on any atom is 0.278 e. The van der Waals surface area contributed by atoms with Crippen LogP contribution in [-0.4, -0.2) is 13.5 Å². The molecular formula is C20H16F2N2O. The van der Waals surface area contributed by atoms with Crippen LogP contribution < -0.4 is 10.1 Å². The van der Waals surface area contributed by atoms with Gasteiger partial charge in [-0.15, -0.1) is 0 Å². The molecule has 0 saturated carbocycles. The number of hydrogen-bond acceptors (Lipinski definition) is 3. The molecule has 0 amide bonds. The second kappa shape index (κ2) is 6.78. The maximum absolute atomic E-state index is 14.0. The van der Waals surface area contributed by atoms with Crippen molar-refractivity contribution in [3.05, 3.63) is 72.3 Å². The molecule has 0 bridgehead atoms. The molecule has 0 fully saturated rings. The number of nitriles is 1. The zero-order chi connectivity index (χ0) is 17.9. The minimum atomic E-state index is -2.92. The van der Waals surface area contributed by atoms with Crippen LogP contribution in [0.1, 0.15) is 5.56 Å². The highest BCUT2D eigenvalue weighted by Crippen LogP contribution is 2.34. The monoisotopic (exact) mass is 338 g/mol. The van der Waals surface area contributed by atoms with Crippen molar-refractivity contribution in [3.8, 4) is 11.8 Å². The molecule has 5 heteroatoms. The average molecular weight is 338 g/mol. The van der Waals surface area contributed by atoms with E-state index in [2.05, 4.69) is 5.32 Å². The zero-order valence-corrected chi connectivity index (χ0v) is 13.5. The fourth-order valence-electron chi connectivity index (χ4n) is 2.73. The van der Waals surface area contributed by atoms with Crippen molar-refractivity contribution >= 4 is 16.5 Å². The van der Waals surface area contributed by atoms with Crippen LogP contribution in [0.5, 0.6) is 5.75 Å². The Balaban J connectivity index is 2.06. The van der Waals surface area contributed by atoms with Gasteiger partial charge in [-0.05, 0) is 46.7 Å². The Labute approximate surface area is 144 Å². The van der Waals surface area contributed by atoms with Crippen LogP contribution in [0, 0.1) is 11.3 Å². The van der Waals surface area contributed by atoms with Crippen molar-refractivity contribution in [3.63, 3.8) is 0 Å². The molecule has 0 radical (unpaired) electrons. The van der Waals surface area contributed by atoms with E-state index in [9.17, 15) is 14.0 Å². The lowest BCUT2D eigenvalue weighted by molar-refractivity contribution is 0.0929. The molecule has 0 heterocycles. The van der Waals surface area contributed by atoms with Crippen LogP contribution in [0.25, 0.3) is 10.8 Å². The van der Waals surface area contributed by atoms with Gasteiger partial charge < -0.3 is 10.1 Å². The Morgan fingerprint density at radius 2 is 1.68 bits per heavy atom. The summed E-state index contributed by atoms with van der Waals surface area (Å²) in [6.07, 6.45) is -2.92. The summed E-state index contributed by atoms with van der Waals surface area (Å²) in [5, 5.41) is 14.1. The third-order valence-corrected chi connectivity index (χ3v) is 4.14. The normalized spacial score (nSPS) is 13.2. The van der Waals surface area contributed by atoms with E-state index in [-0.39, 0.29) is 5.56 Å². The molecule has 0 aliphatic carbocycles. The van der Waals surface area contributed by atoms with Gasteiger partial charge >= 0.3 is 0 Å². The molecule has 3 aromatic rings. The Hall–Kier alpha value is -3.13. The first-order valence-corrected chi connectivity index (χ1v) is 7.70. The summed E-state index contributed by atoms with van der Waals surface area (Å²) < 4.78 is 33.0. The number of nitrogens with zero attached hydrogens (tertiary/aromatic N) is 1. The molecule has 126 valence electrons. The molecule has 1 unspecified atom stereocenters. The van der Waals surface area contributed by atoms with Gasteiger partial charge in [0, 0.05) is 5.69 Å². The number of alkyl halides is 2. The van der Waals surface area contributed by atoms with E-state index in [1.54, 1.807) is 48.5 Å². The predicted octanol–water partition coefficient (Wildman–Crippen LogP) is 4.94. The molecule has 3 rings (SSSR count). The number of rotatable bonds is 5.